The van der Waals surface area contributed by atoms with Gasteiger partial charge in [0.2, 0.25) is 0 Å². The molecular formula is C63H40N4S. The molecule has 13 rings (SSSR count). The third-order valence-electron chi connectivity index (χ3n) is 12.6. The molecular weight excluding hydrogens is 845 g/mol. The Balaban J connectivity index is 0.995. The average molecular weight is 892 g/mol. The Morgan fingerprint density at radius 2 is 0.868 bits per heavy atom. The zero-order chi connectivity index (χ0) is 51.1. The minimum Gasteiger partial charge on any atom is -0.309 e. The SMILES string of the molecule is [2H]c1cc([2H])c2c(c1[2H])c1c([2H])c([2H])c([2H])c([2H])c1n2-c1ccccc1-c1nc(-c2ccc(-c3cccc(-c4ccccc4)c3)cc2)nc(-c2cccc(-c3cccc4c3sc3ccc(-c5ccccc5)cc34)c2)n1. The van der Waals surface area contributed by atoms with Crippen LogP contribution in [0.2, 0.25) is 0 Å². The van der Waals surface area contributed by atoms with Gasteiger partial charge >= 0.3 is 0 Å². The molecule has 4 nitrogen and oxygen atoms in total. The van der Waals surface area contributed by atoms with Gasteiger partial charge in [0.1, 0.15) is 0 Å². The second-order valence-corrected chi connectivity index (χ2v) is 17.7. The Morgan fingerprint density at radius 1 is 0.338 bits per heavy atom. The lowest BCUT2D eigenvalue weighted by Gasteiger charge is -2.15. The monoisotopic (exact) mass is 891 g/mol. The average Bonchev–Trinajstić information content (AvgIpc) is 4.16. The van der Waals surface area contributed by atoms with Gasteiger partial charge in [0.25, 0.3) is 0 Å². The van der Waals surface area contributed by atoms with Crippen molar-refractivity contribution < 1.29 is 9.60 Å². The van der Waals surface area contributed by atoms with Gasteiger partial charge in [-0.25, -0.2) is 15.0 Å². The van der Waals surface area contributed by atoms with Crippen LogP contribution in [0.15, 0.2) is 242 Å². The number of benzene rings is 10. The third kappa shape index (κ3) is 6.96. The van der Waals surface area contributed by atoms with E-state index < -0.39 is 12.1 Å². The predicted octanol–water partition coefficient (Wildman–Crippen LogP) is 17.0. The molecule has 10 aromatic carbocycles. The van der Waals surface area contributed by atoms with E-state index in [9.17, 15) is 2.74 Å². The molecule has 0 aliphatic carbocycles. The number of aromatic nitrogens is 4. The highest BCUT2D eigenvalue weighted by molar-refractivity contribution is 7.26. The zero-order valence-corrected chi connectivity index (χ0v) is 37.1. The van der Waals surface area contributed by atoms with Crippen molar-refractivity contribution in [2.45, 2.75) is 0 Å². The fourth-order valence-corrected chi connectivity index (χ4v) is 10.5. The first-order valence-corrected chi connectivity index (χ1v) is 23.2. The molecule has 68 heavy (non-hydrogen) atoms. The fraction of sp³-hybridized carbons (Fsp3) is 0. The number of hydrogen-bond donors (Lipinski definition) is 0. The molecule has 5 heteroatoms. The van der Waals surface area contributed by atoms with Gasteiger partial charge in [-0.2, -0.15) is 0 Å². The molecule has 0 amide bonds. The van der Waals surface area contributed by atoms with E-state index in [0.717, 1.165) is 50.1 Å². The van der Waals surface area contributed by atoms with Crippen molar-refractivity contribution in [3.63, 3.8) is 0 Å². The lowest BCUT2D eigenvalue weighted by Crippen LogP contribution is -2.03. The number of rotatable bonds is 8. The van der Waals surface area contributed by atoms with Crippen LogP contribution in [0.5, 0.6) is 0 Å². The van der Waals surface area contributed by atoms with Crippen molar-refractivity contribution in [3.8, 4) is 84.4 Å². The van der Waals surface area contributed by atoms with Gasteiger partial charge in [-0.1, -0.05) is 194 Å². The van der Waals surface area contributed by atoms with Gasteiger partial charge in [-0.15, -0.1) is 11.3 Å². The van der Waals surface area contributed by atoms with Crippen LogP contribution in [-0.2, 0) is 0 Å². The van der Waals surface area contributed by atoms with E-state index in [2.05, 4.69) is 121 Å². The summed E-state index contributed by atoms with van der Waals surface area (Å²) in [5, 5.41) is 2.53. The van der Waals surface area contributed by atoms with E-state index in [4.69, 9.17) is 21.8 Å². The van der Waals surface area contributed by atoms with Crippen LogP contribution < -0.4 is 0 Å². The molecule has 0 aliphatic heterocycles. The van der Waals surface area contributed by atoms with Crippen molar-refractivity contribution in [1.29, 1.82) is 0 Å². The van der Waals surface area contributed by atoms with Gasteiger partial charge in [-0.3, -0.25) is 0 Å². The van der Waals surface area contributed by atoms with Gasteiger partial charge in [0.05, 0.1) is 26.3 Å². The summed E-state index contributed by atoms with van der Waals surface area (Å²) >= 11 is 1.77. The lowest BCUT2D eigenvalue weighted by atomic mass is 9.98. The molecule has 3 heterocycles. The van der Waals surface area contributed by atoms with Gasteiger partial charge in [0.15, 0.2) is 17.5 Å². The molecule has 0 unspecified atom stereocenters. The summed E-state index contributed by atoms with van der Waals surface area (Å²) in [6, 6.07) is 65.0. The first-order chi connectivity index (χ1) is 36.6. The second kappa shape index (κ2) is 16.6. The van der Waals surface area contributed by atoms with Crippen molar-refractivity contribution in [2.24, 2.45) is 0 Å². The third-order valence-corrected chi connectivity index (χ3v) is 13.8. The lowest BCUT2D eigenvalue weighted by molar-refractivity contribution is 1.06. The number of thiophene rings is 1. The highest BCUT2D eigenvalue weighted by Crippen LogP contribution is 2.43. The Bertz CT molecular complexity index is 4440. The van der Waals surface area contributed by atoms with Crippen molar-refractivity contribution in [3.05, 3.63) is 242 Å². The minimum absolute atomic E-state index is 0.0620. The summed E-state index contributed by atoms with van der Waals surface area (Å²) < 4.78 is 66.5. The highest BCUT2D eigenvalue weighted by Gasteiger charge is 2.20. The standard InChI is InChI=1S/C63H40N4S/c1-3-16-41(17-4-1)45-20-13-21-46(38-45)43-32-34-44(35-33-43)61-64-62(66-63(65-61)54-26-9-12-31-58(54)67-56-29-10-7-24-51(56)52-25-8-11-30-57(52)67)49-23-14-22-48(39-49)50-27-15-28-53-55-40-47(42-18-5-2-6-19-42)36-37-59(55)68-60(50)53/h1-40H/i7D,8D,10D,24D,25D,29D,30D. The van der Waals surface area contributed by atoms with Crippen molar-refractivity contribution in [1.82, 2.24) is 19.5 Å². The van der Waals surface area contributed by atoms with E-state index in [0.29, 0.717) is 22.9 Å². The molecule has 0 fully saturated rings. The number of para-hydroxylation sites is 3. The molecule has 0 atom stereocenters. The maximum Gasteiger partial charge on any atom is 0.166 e. The van der Waals surface area contributed by atoms with Gasteiger partial charge in [0, 0.05) is 47.6 Å². The van der Waals surface area contributed by atoms with Gasteiger partial charge in [-0.05, 0) is 93.0 Å². The Kier molecular flexibility index (Phi) is 8.00. The summed E-state index contributed by atoms with van der Waals surface area (Å²) in [4.78, 5) is 15.6. The normalized spacial score (nSPS) is 13.0. The van der Waals surface area contributed by atoms with E-state index in [1.807, 2.05) is 60.7 Å². The molecule has 0 radical (unpaired) electrons. The predicted molar refractivity (Wildman–Crippen MR) is 285 cm³/mol. The maximum absolute atomic E-state index is 9.24. The largest absolute Gasteiger partial charge is 0.309 e. The summed E-state index contributed by atoms with van der Waals surface area (Å²) in [5.41, 5.74) is 11.4. The quantitative estimate of drug-likeness (QED) is 0.153. The molecule has 0 saturated heterocycles. The first-order valence-electron chi connectivity index (χ1n) is 25.8. The maximum atomic E-state index is 9.24. The molecule has 0 N–H and O–H groups in total. The molecule has 0 spiro atoms. The Morgan fingerprint density at radius 3 is 1.65 bits per heavy atom. The smallest absolute Gasteiger partial charge is 0.166 e. The first kappa shape index (κ1) is 32.8. The fourth-order valence-electron chi connectivity index (χ4n) is 9.30. The molecule has 3 aromatic heterocycles. The zero-order valence-electron chi connectivity index (χ0n) is 43.2. The topological polar surface area (TPSA) is 43.6 Å². The summed E-state index contributed by atoms with van der Waals surface area (Å²) in [5.74, 6) is 1.08. The molecule has 0 bridgehead atoms. The van der Waals surface area contributed by atoms with Crippen LogP contribution in [0, 0.1) is 0 Å². The van der Waals surface area contributed by atoms with Crippen LogP contribution in [-0.4, -0.2) is 19.5 Å². The van der Waals surface area contributed by atoms with Gasteiger partial charge < -0.3 is 4.57 Å². The molecule has 0 aliphatic rings. The second-order valence-electron chi connectivity index (χ2n) is 16.6. The van der Waals surface area contributed by atoms with Crippen LogP contribution in [0.4, 0.5) is 0 Å². The van der Waals surface area contributed by atoms with E-state index in [1.165, 1.54) is 31.8 Å². The summed E-state index contributed by atoms with van der Waals surface area (Å²) in [7, 11) is 0. The Hall–Kier alpha value is -8.77. The molecule has 0 saturated carbocycles. The van der Waals surface area contributed by atoms with E-state index in [-0.39, 0.29) is 57.8 Å². The van der Waals surface area contributed by atoms with Crippen molar-refractivity contribution in [2.75, 3.05) is 0 Å². The van der Waals surface area contributed by atoms with Crippen LogP contribution >= 0.6 is 11.3 Å². The highest BCUT2D eigenvalue weighted by atomic mass is 32.1. The van der Waals surface area contributed by atoms with Crippen LogP contribution in [0.1, 0.15) is 9.60 Å². The van der Waals surface area contributed by atoms with Crippen molar-refractivity contribution >= 4 is 53.3 Å². The summed E-state index contributed by atoms with van der Waals surface area (Å²) in [6.45, 7) is 0. The number of fused-ring (bicyclic) bond motifs is 6. The number of nitrogens with zero attached hydrogens (tertiary/aromatic N) is 4. The number of hydrogen-bond acceptors (Lipinski definition) is 4. The van der Waals surface area contributed by atoms with E-state index >= 15 is 0 Å². The molecule has 318 valence electrons. The minimum atomic E-state index is -0.467. The summed E-state index contributed by atoms with van der Waals surface area (Å²) in [6.07, 6.45) is 0. The van der Waals surface area contributed by atoms with Crippen LogP contribution in [0.3, 0.4) is 0 Å². The molecule has 13 aromatic rings. The van der Waals surface area contributed by atoms with E-state index in [1.54, 1.807) is 28.0 Å². The van der Waals surface area contributed by atoms with Crippen LogP contribution in [0.25, 0.3) is 126 Å². The Labute approximate surface area is 407 Å².